The van der Waals surface area contributed by atoms with E-state index in [0.29, 0.717) is 11.1 Å². The van der Waals surface area contributed by atoms with Gasteiger partial charge in [0.2, 0.25) is 5.82 Å². The number of halogens is 4. The number of nitrogens with zero attached hydrogens (tertiary/aromatic N) is 2. The molecule has 0 aliphatic carbocycles. The van der Waals surface area contributed by atoms with Crippen molar-refractivity contribution in [3.63, 3.8) is 0 Å². The highest BCUT2D eigenvalue weighted by Crippen LogP contribution is 2.32. The number of carbonyl (C=O) groups excluding carboxylic acids is 1. The number of alkyl halides is 4. The van der Waals surface area contributed by atoms with E-state index in [9.17, 15) is 22.4 Å². The van der Waals surface area contributed by atoms with Crippen LogP contribution in [-0.4, -0.2) is 36.4 Å². The molecule has 12 heteroatoms. The fourth-order valence-corrected chi connectivity index (χ4v) is 2.58. The molecule has 170 valence electrons. The monoisotopic (exact) mass is 456 g/mol. The van der Waals surface area contributed by atoms with Crippen LogP contribution in [0.5, 0.6) is 17.2 Å². The van der Waals surface area contributed by atoms with Gasteiger partial charge in [0.05, 0.1) is 13.5 Å². The summed E-state index contributed by atoms with van der Waals surface area (Å²) in [5.41, 5.74) is 0.928. The molecule has 2 aromatic carbocycles. The summed E-state index contributed by atoms with van der Waals surface area (Å²) in [6, 6.07) is 9.63. The molecule has 3 aromatic rings. The van der Waals surface area contributed by atoms with Crippen LogP contribution in [0.2, 0.25) is 0 Å². The quantitative estimate of drug-likeness (QED) is 0.331. The Bertz CT molecular complexity index is 1040. The van der Waals surface area contributed by atoms with Crippen molar-refractivity contribution in [3.05, 3.63) is 53.9 Å². The number of carbonyl (C=O) groups is 1. The lowest BCUT2D eigenvalue weighted by Crippen LogP contribution is -2.08. The van der Waals surface area contributed by atoms with E-state index in [4.69, 9.17) is 14.0 Å². The molecule has 1 aromatic heterocycles. The van der Waals surface area contributed by atoms with E-state index < -0.39 is 19.2 Å². The first kappa shape index (κ1) is 22.8. The summed E-state index contributed by atoms with van der Waals surface area (Å²) >= 11 is 0. The van der Waals surface area contributed by atoms with Crippen LogP contribution in [0, 0.1) is 0 Å². The molecular weight excluding hydrogens is 440 g/mol. The second-order valence-corrected chi connectivity index (χ2v) is 6.12. The maximum absolute atomic E-state index is 12.4. The number of rotatable bonds is 10. The molecule has 0 saturated carbocycles. The number of benzene rings is 2. The molecule has 0 spiro atoms. The number of aromatic nitrogens is 2. The van der Waals surface area contributed by atoms with E-state index in [-0.39, 0.29) is 42.0 Å². The lowest BCUT2D eigenvalue weighted by Gasteiger charge is -2.10. The van der Waals surface area contributed by atoms with Crippen molar-refractivity contribution in [1.82, 2.24) is 10.1 Å². The molecule has 0 N–H and O–H groups in total. The molecule has 0 unspecified atom stereocenters. The predicted molar refractivity (Wildman–Crippen MR) is 99.5 cm³/mol. The molecule has 0 atom stereocenters. The summed E-state index contributed by atoms with van der Waals surface area (Å²) in [6.45, 7) is -6.25. The van der Waals surface area contributed by atoms with Crippen molar-refractivity contribution in [2.45, 2.75) is 26.3 Å². The zero-order valence-corrected chi connectivity index (χ0v) is 16.5. The topological polar surface area (TPSA) is 92.9 Å². The van der Waals surface area contributed by atoms with Gasteiger partial charge < -0.3 is 23.5 Å². The minimum atomic E-state index is -3.01. The average molecular weight is 456 g/mol. The van der Waals surface area contributed by atoms with Crippen molar-refractivity contribution in [2.24, 2.45) is 0 Å². The van der Waals surface area contributed by atoms with Gasteiger partial charge in [-0.3, -0.25) is 4.79 Å². The van der Waals surface area contributed by atoms with Gasteiger partial charge in [-0.05, 0) is 35.9 Å². The smallest absolute Gasteiger partial charge is 0.387 e. The van der Waals surface area contributed by atoms with E-state index in [2.05, 4.69) is 19.6 Å². The summed E-state index contributed by atoms with van der Waals surface area (Å²) in [6.07, 6.45) is -0.112. The van der Waals surface area contributed by atoms with Gasteiger partial charge in [0.15, 0.2) is 18.1 Å². The number of esters is 1. The van der Waals surface area contributed by atoms with Crippen molar-refractivity contribution in [2.75, 3.05) is 7.11 Å². The summed E-state index contributed by atoms with van der Waals surface area (Å²) in [4.78, 5) is 16.1. The Morgan fingerprint density at radius 3 is 2.38 bits per heavy atom. The lowest BCUT2D eigenvalue weighted by atomic mass is 10.1. The number of ether oxygens (including phenoxy) is 4. The molecule has 0 aliphatic heterocycles. The van der Waals surface area contributed by atoms with Gasteiger partial charge in [0.25, 0.3) is 5.89 Å². The molecule has 0 radical (unpaired) electrons. The van der Waals surface area contributed by atoms with Gasteiger partial charge in [-0.15, -0.1) is 0 Å². The SMILES string of the molecule is COc1cc(-c2noc(COC(=O)Cc3ccc(OC(F)F)cc3)n2)ccc1OC(F)F. The number of hydrogen-bond donors (Lipinski definition) is 0. The van der Waals surface area contributed by atoms with Crippen LogP contribution in [0.4, 0.5) is 17.6 Å². The van der Waals surface area contributed by atoms with Crippen molar-refractivity contribution >= 4 is 5.97 Å². The predicted octanol–water partition coefficient (Wildman–Crippen LogP) is 4.23. The second kappa shape index (κ2) is 10.5. The first-order valence-corrected chi connectivity index (χ1v) is 8.99. The van der Waals surface area contributed by atoms with Crippen LogP contribution < -0.4 is 14.2 Å². The van der Waals surface area contributed by atoms with Gasteiger partial charge in [0, 0.05) is 5.56 Å². The Balaban J connectivity index is 1.56. The molecule has 0 bridgehead atoms. The zero-order chi connectivity index (χ0) is 23.1. The molecule has 0 saturated heterocycles. The molecule has 8 nitrogen and oxygen atoms in total. The fourth-order valence-electron chi connectivity index (χ4n) is 2.58. The third kappa shape index (κ3) is 6.33. The van der Waals surface area contributed by atoms with Gasteiger partial charge in [-0.1, -0.05) is 17.3 Å². The second-order valence-electron chi connectivity index (χ2n) is 6.12. The van der Waals surface area contributed by atoms with Gasteiger partial charge in [0.1, 0.15) is 5.75 Å². The van der Waals surface area contributed by atoms with Crippen molar-refractivity contribution < 1.29 is 45.8 Å². The van der Waals surface area contributed by atoms with Crippen LogP contribution in [0.25, 0.3) is 11.4 Å². The molecule has 3 rings (SSSR count). The maximum atomic E-state index is 12.4. The Kier molecular flexibility index (Phi) is 7.47. The van der Waals surface area contributed by atoms with E-state index >= 15 is 0 Å². The molecule has 0 amide bonds. The normalized spacial score (nSPS) is 11.0. The highest BCUT2D eigenvalue weighted by Gasteiger charge is 2.16. The maximum Gasteiger partial charge on any atom is 0.387 e. The van der Waals surface area contributed by atoms with Crippen LogP contribution in [-0.2, 0) is 22.6 Å². The lowest BCUT2D eigenvalue weighted by molar-refractivity contribution is -0.144. The van der Waals surface area contributed by atoms with Gasteiger partial charge in [-0.2, -0.15) is 22.5 Å². The van der Waals surface area contributed by atoms with E-state index in [1.165, 1.54) is 49.6 Å². The minimum Gasteiger partial charge on any atom is -0.493 e. The molecule has 32 heavy (non-hydrogen) atoms. The fraction of sp³-hybridized carbons (Fsp3) is 0.250. The first-order valence-electron chi connectivity index (χ1n) is 8.99. The molecule has 0 fully saturated rings. The van der Waals surface area contributed by atoms with E-state index in [1.807, 2.05) is 0 Å². The van der Waals surface area contributed by atoms with Crippen LogP contribution >= 0.6 is 0 Å². The summed E-state index contributed by atoms with van der Waals surface area (Å²) in [7, 11) is 1.29. The van der Waals surface area contributed by atoms with Crippen LogP contribution in [0.15, 0.2) is 47.0 Å². The summed E-state index contributed by atoms with van der Waals surface area (Å²) < 4.78 is 72.8. The zero-order valence-electron chi connectivity index (χ0n) is 16.5. The third-order valence-electron chi connectivity index (χ3n) is 3.96. The highest BCUT2D eigenvalue weighted by atomic mass is 19.3. The van der Waals surface area contributed by atoms with Crippen LogP contribution in [0.3, 0.4) is 0 Å². The van der Waals surface area contributed by atoms with Gasteiger partial charge >= 0.3 is 19.2 Å². The average Bonchev–Trinajstić information content (AvgIpc) is 3.22. The third-order valence-corrected chi connectivity index (χ3v) is 3.96. The standard InChI is InChI=1S/C20H16F4N2O6/c1-28-15-9-12(4-7-14(15)31-20(23)24)18-25-16(32-26-18)10-29-17(27)8-11-2-5-13(6-3-11)30-19(21)22/h2-7,9,19-20H,8,10H2,1H3. The van der Waals surface area contributed by atoms with Crippen molar-refractivity contribution in [3.8, 4) is 28.6 Å². The Hall–Kier alpha value is -3.83. The molecular formula is C20H16F4N2O6. The van der Waals surface area contributed by atoms with Gasteiger partial charge in [-0.25, -0.2) is 0 Å². The molecule has 1 heterocycles. The largest absolute Gasteiger partial charge is 0.493 e. The first-order chi connectivity index (χ1) is 15.3. The summed E-state index contributed by atoms with van der Waals surface area (Å²) in [5.74, 6) is -0.625. The van der Waals surface area contributed by atoms with E-state index in [1.54, 1.807) is 0 Å². The Morgan fingerprint density at radius 2 is 1.72 bits per heavy atom. The molecule has 0 aliphatic rings. The Morgan fingerprint density at radius 1 is 1.00 bits per heavy atom. The number of hydrogen-bond acceptors (Lipinski definition) is 8. The van der Waals surface area contributed by atoms with E-state index in [0.717, 1.165) is 0 Å². The minimum absolute atomic E-state index is 0.000838. The number of methoxy groups -OCH3 is 1. The van der Waals surface area contributed by atoms with Crippen molar-refractivity contribution in [1.29, 1.82) is 0 Å². The highest BCUT2D eigenvalue weighted by molar-refractivity contribution is 5.72. The summed E-state index contributed by atoms with van der Waals surface area (Å²) in [5, 5.41) is 3.75. The Labute approximate surface area is 178 Å². The van der Waals surface area contributed by atoms with Crippen LogP contribution in [0.1, 0.15) is 11.5 Å².